The quantitative estimate of drug-likeness (QED) is 0.477. The Bertz CT molecular complexity index is 432. The standard InChI is InChI=1S/C12H14BrNO3/c1-12(2,8-15)11(7-14(16)17)9-4-3-5-10(13)6-9/h3-6,8,11H,7H2,1-2H3/t11-/m0/s1. The van der Waals surface area contributed by atoms with Gasteiger partial charge in [-0.25, -0.2) is 0 Å². The van der Waals surface area contributed by atoms with Crippen molar-refractivity contribution in [3.8, 4) is 0 Å². The largest absolute Gasteiger partial charge is 0.303 e. The summed E-state index contributed by atoms with van der Waals surface area (Å²) in [5.74, 6) is -0.424. The van der Waals surface area contributed by atoms with Crippen molar-refractivity contribution in [1.82, 2.24) is 0 Å². The maximum atomic E-state index is 11.1. The molecule has 17 heavy (non-hydrogen) atoms. The first kappa shape index (κ1) is 13.8. The highest BCUT2D eigenvalue weighted by atomic mass is 79.9. The third-order valence-electron chi connectivity index (χ3n) is 2.78. The van der Waals surface area contributed by atoms with Crippen molar-refractivity contribution < 1.29 is 9.72 Å². The molecule has 0 aliphatic carbocycles. The lowest BCUT2D eigenvalue weighted by Gasteiger charge is -2.26. The summed E-state index contributed by atoms with van der Waals surface area (Å²) in [6.07, 6.45) is 0.780. The van der Waals surface area contributed by atoms with E-state index in [1.54, 1.807) is 13.8 Å². The Hall–Kier alpha value is -1.23. The zero-order valence-electron chi connectivity index (χ0n) is 9.72. The smallest absolute Gasteiger partial charge is 0.211 e. The van der Waals surface area contributed by atoms with Gasteiger partial charge in [0.2, 0.25) is 6.54 Å². The van der Waals surface area contributed by atoms with E-state index in [4.69, 9.17) is 0 Å². The van der Waals surface area contributed by atoms with Crippen LogP contribution in [0.25, 0.3) is 0 Å². The molecule has 0 amide bonds. The van der Waals surface area contributed by atoms with Gasteiger partial charge < -0.3 is 4.79 Å². The molecule has 1 rings (SSSR count). The summed E-state index contributed by atoms with van der Waals surface area (Å²) in [4.78, 5) is 21.4. The van der Waals surface area contributed by atoms with Gasteiger partial charge in [0.15, 0.2) is 0 Å². The number of nitrogens with zero attached hydrogens (tertiary/aromatic N) is 1. The number of benzene rings is 1. The molecule has 0 heterocycles. The lowest BCUT2D eigenvalue weighted by atomic mass is 9.76. The minimum atomic E-state index is -0.756. The Morgan fingerprint density at radius 2 is 2.18 bits per heavy atom. The first-order valence-corrected chi connectivity index (χ1v) is 5.99. The highest BCUT2D eigenvalue weighted by molar-refractivity contribution is 9.10. The van der Waals surface area contributed by atoms with Crippen LogP contribution in [0.1, 0.15) is 25.3 Å². The topological polar surface area (TPSA) is 60.2 Å². The lowest BCUT2D eigenvalue weighted by molar-refractivity contribution is -0.485. The molecule has 0 aliphatic heterocycles. The zero-order chi connectivity index (χ0) is 13.1. The van der Waals surface area contributed by atoms with Gasteiger partial charge in [-0.05, 0) is 17.7 Å². The normalized spacial score (nSPS) is 13.1. The van der Waals surface area contributed by atoms with Crippen molar-refractivity contribution in [2.75, 3.05) is 6.54 Å². The maximum Gasteiger partial charge on any atom is 0.211 e. The summed E-state index contributed by atoms with van der Waals surface area (Å²) in [6.45, 7) is 3.19. The number of carbonyl (C=O) groups is 1. The van der Waals surface area contributed by atoms with Gasteiger partial charge in [0.1, 0.15) is 6.29 Å². The van der Waals surface area contributed by atoms with Crippen molar-refractivity contribution in [2.24, 2.45) is 5.41 Å². The Kier molecular flexibility index (Phi) is 4.40. The Balaban J connectivity index is 3.14. The number of hydrogen-bond acceptors (Lipinski definition) is 3. The molecule has 0 saturated heterocycles. The highest BCUT2D eigenvalue weighted by Gasteiger charge is 2.34. The molecule has 0 aliphatic rings. The molecular formula is C12H14BrNO3. The molecule has 0 saturated carbocycles. The number of aldehydes is 1. The van der Waals surface area contributed by atoms with E-state index in [1.165, 1.54) is 0 Å². The fraction of sp³-hybridized carbons (Fsp3) is 0.417. The van der Waals surface area contributed by atoms with E-state index in [-0.39, 0.29) is 11.5 Å². The molecular weight excluding hydrogens is 286 g/mol. The molecule has 0 N–H and O–H groups in total. The van der Waals surface area contributed by atoms with Crippen LogP contribution in [0, 0.1) is 15.5 Å². The third-order valence-corrected chi connectivity index (χ3v) is 3.28. The van der Waals surface area contributed by atoms with Gasteiger partial charge in [-0.15, -0.1) is 0 Å². The van der Waals surface area contributed by atoms with E-state index in [0.29, 0.717) is 0 Å². The monoisotopic (exact) mass is 299 g/mol. The fourth-order valence-corrected chi connectivity index (χ4v) is 2.14. The molecule has 0 radical (unpaired) electrons. The molecule has 1 atom stereocenters. The SMILES string of the molecule is CC(C)(C=O)[C@@H](C[N+](=O)[O-])c1cccc(Br)c1. The average molecular weight is 300 g/mol. The third kappa shape index (κ3) is 3.63. The predicted octanol–water partition coefficient (Wildman–Crippen LogP) is 3.03. The summed E-state index contributed by atoms with van der Waals surface area (Å²) in [7, 11) is 0. The van der Waals surface area contributed by atoms with Crippen LogP contribution in [0.4, 0.5) is 0 Å². The number of halogens is 1. The van der Waals surface area contributed by atoms with E-state index in [0.717, 1.165) is 16.3 Å². The minimum absolute atomic E-state index is 0.248. The van der Waals surface area contributed by atoms with Crippen LogP contribution in [0.15, 0.2) is 28.7 Å². The molecule has 1 aromatic rings. The van der Waals surface area contributed by atoms with Crippen molar-refractivity contribution in [2.45, 2.75) is 19.8 Å². The molecule has 0 spiro atoms. The van der Waals surface area contributed by atoms with Gasteiger partial charge in [0.05, 0.1) is 5.92 Å². The fourth-order valence-electron chi connectivity index (χ4n) is 1.72. The van der Waals surface area contributed by atoms with Crippen LogP contribution in [0.3, 0.4) is 0 Å². The van der Waals surface area contributed by atoms with Crippen LogP contribution >= 0.6 is 15.9 Å². The van der Waals surface area contributed by atoms with Gasteiger partial charge in [0.25, 0.3) is 0 Å². The lowest BCUT2D eigenvalue weighted by Crippen LogP contribution is -2.29. The van der Waals surface area contributed by atoms with Crippen LogP contribution in [-0.4, -0.2) is 17.8 Å². The van der Waals surface area contributed by atoms with E-state index < -0.39 is 11.3 Å². The predicted molar refractivity (Wildman–Crippen MR) is 68.6 cm³/mol. The molecule has 5 heteroatoms. The summed E-state index contributed by atoms with van der Waals surface area (Å²) in [5, 5.41) is 10.7. The van der Waals surface area contributed by atoms with Crippen molar-refractivity contribution in [3.63, 3.8) is 0 Å². The molecule has 0 fully saturated rings. The van der Waals surface area contributed by atoms with Gasteiger partial charge in [-0.2, -0.15) is 0 Å². The van der Waals surface area contributed by atoms with Crippen molar-refractivity contribution in [1.29, 1.82) is 0 Å². The number of rotatable bonds is 5. The van der Waals surface area contributed by atoms with Crippen LogP contribution < -0.4 is 0 Å². The summed E-state index contributed by atoms with van der Waals surface area (Å²) < 4.78 is 0.852. The number of nitro groups is 1. The summed E-state index contributed by atoms with van der Waals surface area (Å²) in [5.41, 5.74) is 0.0431. The first-order valence-electron chi connectivity index (χ1n) is 5.20. The van der Waals surface area contributed by atoms with Crippen molar-refractivity contribution >= 4 is 22.2 Å². The molecule has 0 aromatic heterocycles. The molecule has 0 bridgehead atoms. The van der Waals surface area contributed by atoms with E-state index in [2.05, 4.69) is 15.9 Å². The average Bonchev–Trinajstić information content (AvgIpc) is 2.25. The van der Waals surface area contributed by atoms with Gasteiger partial charge in [0, 0.05) is 14.8 Å². The Morgan fingerprint density at radius 1 is 1.53 bits per heavy atom. The minimum Gasteiger partial charge on any atom is -0.303 e. The Labute approximate surface area is 108 Å². The second-order valence-corrected chi connectivity index (χ2v) is 5.48. The van der Waals surface area contributed by atoms with Crippen molar-refractivity contribution in [3.05, 3.63) is 44.4 Å². The molecule has 92 valence electrons. The van der Waals surface area contributed by atoms with E-state index in [1.807, 2.05) is 24.3 Å². The van der Waals surface area contributed by atoms with E-state index >= 15 is 0 Å². The van der Waals surface area contributed by atoms with Gasteiger partial charge >= 0.3 is 0 Å². The summed E-state index contributed by atoms with van der Waals surface area (Å²) in [6, 6.07) is 7.29. The molecule has 0 unspecified atom stereocenters. The second kappa shape index (κ2) is 5.40. The number of hydrogen-bond donors (Lipinski definition) is 0. The van der Waals surface area contributed by atoms with Gasteiger partial charge in [-0.3, -0.25) is 10.1 Å². The number of carbonyl (C=O) groups excluding carboxylic acids is 1. The Morgan fingerprint density at radius 3 is 2.65 bits per heavy atom. The van der Waals surface area contributed by atoms with Crippen LogP contribution in [0.2, 0.25) is 0 Å². The van der Waals surface area contributed by atoms with Crippen LogP contribution in [-0.2, 0) is 4.79 Å². The first-order chi connectivity index (χ1) is 7.86. The molecule has 4 nitrogen and oxygen atoms in total. The van der Waals surface area contributed by atoms with Gasteiger partial charge in [-0.1, -0.05) is 41.9 Å². The molecule has 1 aromatic carbocycles. The summed E-state index contributed by atoms with van der Waals surface area (Å²) >= 11 is 3.33. The second-order valence-electron chi connectivity index (χ2n) is 4.56. The van der Waals surface area contributed by atoms with E-state index in [9.17, 15) is 14.9 Å². The van der Waals surface area contributed by atoms with Crippen LogP contribution in [0.5, 0.6) is 0 Å². The zero-order valence-corrected chi connectivity index (χ0v) is 11.3. The maximum absolute atomic E-state index is 11.1. The highest BCUT2D eigenvalue weighted by Crippen LogP contribution is 2.34.